The zero-order chi connectivity index (χ0) is 15.6. The Hall–Kier alpha value is -2.04. The highest BCUT2D eigenvalue weighted by atomic mass is 16.2. The van der Waals surface area contributed by atoms with Gasteiger partial charge in [0.05, 0.1) is 5.92 Å². The zero-order valence-corrected chi connectivity index (χ0v) is 12.9. The van der Waals surface area contributed by atoms with Crippen LogP contribution in [0.4, 0.5) is 4.79 Å². The molecule has 1 aliphatic rings. The first-order valence-corrected chi connectivity index (χ1v) is 7.23. The Bertz CT molecular complexity index is 554. The molecule has 1 aliphatic carbocycles. The van der Waals surface area contributed by atoms with Gasteiger partial charge in [0.25, 0.3) is 0 Å². The van der Waals surface area contributed by atoms with E-state index < -0.39 is 0 Å². The van der Waals surface area contributed by atoms with Gasteiger partial charge < -0.3 is 15.5 Å². The topological polar surface area (TPSA) is 66.6 Å². The van der Waals surface area contributed by atoms with E-state index in [1.54, 1.807) is 30.9 Å². The number of aryl methyl sites for hydroxylation is 1. The maximum Gasteiger partial charge on any atom is 0.319 e. The number of nitrogens with two attached hydrogens (primary N) is 1. The highest BCUT2D eigenvalue weighted by Gasteiger charge is 2.24. The summed E-state index contributed by atoms with van der Waals surface area (Å²) in [6.45, 7) is 0.561. The first-order chi connectivity index (χ1) is 9.90. The van der Waals surface area contributed by atoms with Crippen LogP contribution in [-0.4, -0.2) is 42.9 Å². The van der Waals surface area contributed by atoms with Crippen molar-refractivity contribution < 1.29 is 9.59 Å². The third kappa shape index (κ3) is 3.35. The summed E-state index contributed by atoms with van der Waals surface area (Å²) in [4.78, 5) is 26.6. The Morgan fingerprint density at radius 2 is 2.00 bits per heavy atom. The molecule has 0 bridgehead atoms. The van der Waals surface area contributed by atoms with Crippen LogP contribution in [0, 0.1) is 0 Å². The monoisotopic (exact) mass is 289 g/mol. The van der Waals surface area contributed by atoms with Crippen molar-refractivity contribution in [3.05, 3.63) is 34.9 Å². The molecule has 5 heteroatoms. The molecule has 0 radical (unpaired) electrons. The lowest BCUT2D eigenvalue weighted by Gasteiger charge is -2.25. The molecule has 5 nitrogen and oxygen atoms in total. The first kappa shape index (κ1) is 15.4. The van der Waals surface area contributed by atoms with Crippen LogP contribution in [0.15, 0.2) is 18.2 Å². The zero-order valence-electron chi connectivity index (χ0n) is 12.9. The fourth-order valence-electron chi connectivity index (χ4n) is 2.94. The largest absolute Gasteiger partial charge is 0.369 e. The third-order valence-electron chi connectivity index (χ3n) is 3.99. The molecule has 1 atom stereocenters. The predicted octanol–water partition coefficient (Wildman–Crippen LogP) is 1.71. The van der Waals surface area contributed by atoms with E-state index in [1.165, 1.54) is 5.56 Å². The molecule has 2 N–H and O–H groups in total. The second-order valence-electron chi connectivity index (χ2n) is 5.91. The molecule has 1 aromatic carbocycles. The summed E-state index contributed by atoms with van der Waals surface area (Å²) >= 11 is 0. The molecular formula is C16H23N3O2. The number of hydrogen-bond acceptors (Lipinski definition) is 2. The van der Waals surface area contributed by atoms with E-state index in [2.05, 4.69) is 6.07 Å². The Kier molecular flexibility index (Phi) is 4.50. The number of amides is 3. The lowest BCUT2D eigenvalue weighted by atomic mass is 9.81. The Labute approximate surface area is 125 Å². The third-order valence-corrected chi connectivity index (χ3v) is 3.99. The molecule has 0 aromatic heterocycles. The normalized spacial score (nSPS) is 17.0. The van der Waals surface area contributed by atoms with Crippen molar-refractivity contribution in [3.63, 3.8) is 0 Å². The van der Waals surface area contributed by atoms with Crippen molar-refractivity contribution in [1.29, 1.82) is 0 Å². The summed E-state index contributed by atoms with van der Waals surface area (Å²) < 4.78 is 0. The van der Waals surface area contributed by atoms with Crippen LogP contribution >= 0.6 is 0 Å². The molecule has 0 saturated heterocycles. The van der Waals surface area contributed by atoms with Crippen molar-refractivity contribution in [2.75, 3.05) is 21.1 Å². The molecule has 114 valence electrons. The number of benzene rings is 1. The van der Waals surface area contributed by atoms with Gasteiger partial charge in [0.15, 0.2) is 0 Å². The molecule has 0 spiro atoms. The van der Waals surface area contributed by atoms with Gasteiger partial charge in [-0.1, -0.05) is 18.2 Å². The van der Waals surface area contributed by atoms with Gasteiger partial charge in [-0.15, -0.1) is 0 Å². The van der Waals surface area contributed by atoms with E-state index in [4.69, 9.17) is 5.73 Å². The van der Waals surface area contributed by atoms with Gasteiger partial charge in [-0.05, 0) is 36.0 Å². The average molecular weight is 289 g/mol. The second-order valence-corrected chi connectivity index (χ2v) is 5.91. The minimum atomic E-state index is -0.247. The first-order valence-electron chi connectivity index (χ1n) is 7.23. The van der Waals surface area contributed by atoms with Crippen molar-refractivity contribution in [2.24, 2.45) is 5.73 Å². The van der Waals surface area contributed by atoms with E-state index >= 15 is 0 Å². The molecule has 3 amide bonds. The molecule has 1 unspecified atom stereocenters. The fraction of sp³-hybridized carbons (Fsp3) is 0.500. The minimum absolute atomic E-state index is 0.0252. The van der Waals surface area contributed by atoms with Crippen LogP contribution in [0.3, 0.4) is 0 Å². The summed E-state index contributed by atoms with van der Waals surface area (Å²) in [6, 6.07) is 6.05. The minimum Gasteiger partial charge on any atom is -0.369 e. The van der Waals surface area contributed by atoms with Gasteiger partial charge >= 0.3 is 6.03 Å². The van der Waals surface area contributed by atoms with E-state index in [9.17, 15) is 9.59 Å². The molecular weight excluding hydrogens is 266 g/mol. The summed E-state index contributed by atoms with van der Waals surface area (Å²) in [5.41, 5.74) is 8.80. The van der Waals surface area contributed by atoms with Crippen LogP contribution in [0.1, 0.15) is 35.4 Å². The van der Waals surface area contributed by atoms with Crippen molar-refractivity contribution in [3.8, 4) is 0 Å². The van der Waals surface area contributed by atoms with Crippen LogP contribution in [0.25, 0.3) is 0 Å². The molecule has 0 fully saturated rings. The standard InChI is InChI=1S/C16H23N3O2/c1-18(2)16(21)19(3)10-11-7-8-13-12(9-11)5-4-6-14(13)15(17)20/h7-9,14H,4-6,10H2,1-3H3,(H2,17,20). The number of fused-ring (bicyclic) bond motifs is 1. The van der Waals surface area contributed by atoms with Gasteiger partial charge in [-0.2, -0.15) is 0 Å². The summed E-state index contributed by atoms with van der Waals surface area (Å²) in [6.07, 6.45) is 2.79. The SMILES string of the molecule is CN(C)C(=O)N(C)Cc1ccc2c(c1)CCCC2C(N)=O. The molecule has 2 rings (SSSR count). The molecule has 1 aromatic rings. The van der Waals surface area contributed by atoms with Crippen LogP contribution in [0.5, 0.6) is 0 Å². The van der Waals surface area contributed by atoms with Crippen LogP contribution in [-0.2, 0) is 17.8 Å². The Balaban J connectivity index is 2.18. The van der Waals surface area contributed by atoms with E-state index in [-0.39, 0.29) is 17.9 Å². The number of rotatable bonds is 3. The van der Waals surface area contributed by atoms with Gasteiger partial charge in [-0.25, -0.2) is 4.79 Å². The number of carbonyl (C=O) groups excluding carboxylic acids is 2. The fourth-order valence-corrected chi connectivity index (χ4v) is 2.94. The van der Waals surface area contributed by atoms with Gasteiger partial charge in [0.2, 0.25) is 5.91 Å². The molecule has 0 heterocycles. The number of carbonyl (C=O) groups is 2. The van der Waals surface area contributed by atoms with Crippen molar-refractivity contribution in [2.45, 2.75) is 31.7 Å². The summed E-state index contributed by atoms with van der Waals surface area (Å²) in [7, 11) is 5.26. The summed E-state index contributed by atoms with van der Waals surface area (Å²) in [5, 5.41) is 0. The number of hydrogen-bond donors (Lipinski definition) is 1. The van der Waals surface area contributed by atoms with Crippen molar-refractivity contribution in [1.82, 2.24) is 9.80 Å². The predicted molar refractivity (Wildman–Crippen MR) is 81.9 cm³/mol. The molecule has 0 saturated carbocycles. The van der Waals surface area contributed by atoms with E-state index in [0.29, 0.717) is 6.54 Å². The quantitative estimate of drug-likeness (QED) is 0.920. The maximum absolute atomic E-state index is 11.9. The Morgan fingerprint density at radius 3 is 2.62 bits per heavy atom. The van der Waals surface area contributed by atoms with Gasteiger partial charge in [-0.3, -0.25) is 4.79 Å². The van der Waals surface area contributed by atoms with Gasteiger partial charge in [0.1, 0.15) is 0 Å². The second kappa shape index (κ2) is 6.16. The average Bonchev–Trinajstić information content (AvgIpc) is 2.45. The number of urea groups is 1. The lowest BCUT2D eigenvalue weighted by molar-refractivity contribution is -0.119. The van der Waals surface area contributed by atoms with Gasteiger partial charge in [0, 0.05) is 27.7 Å². The van der Waals surface area contributed by atoms with Crippen molar-refractivity contribution >= 4 is 11.9 Å². The van der Waals surface area contributed by atoms with Crippen LogP contribution in [0.2, 0.25) is 0 Å². The molecule has 0 aliphatic heterocycles. The highest BCUT2D eigenvalue weighted by molar-refractivity contribution is 5.82. The number of primary amides is 1. The maximum atomic E-state index is 11.9. The smallest absolute Gasteiger partial charge is 0.319 e. The van der Waals surface area contributed by atoms with E-state index in [0.717, 1.165) is 30.4 Å². The summed E-state index contributed by atoms with van der Waals surface area (Å²) in [5.74, 6) is -0.410. The van der Waals surface area contributed by atoms with Crippen LogP contribution < -0.4 is 5.73 Å². The lowest BCUT2D eigenvalue weighted by Crippen LogP contribution is -2.35. The highest BCUT2D eigenvalue weighted by Crippen LogP contribution is 2.32. The number of nitrogens with zero attached hydrogens (tertiary/aromatic N) is 2. The van der Waals surface area contributed by atoms with E-state index in [1.807, 2.05) is 12.1 Å². The Morgan fingerprint density at radius 1 is 1.29 bits per heavy atom. The molecule has 21 heavy (non-hydrogen) atoms.